The Labute approximate surface area is 116 Å². The lowest BCUT2D eigenvalue weighted by Gasteiger charge is -2.13. The van der Waals surface area contributed by atoms with E-state index in [2.05, 4.69) is 21.6 Å². The van der Waals surface area contributed by atoms with Crippen LogP contribution in [-0.4, -0.2) is 36.2 Å². The van der Waals surface area contributed by atoms with E-state index in [1.807, 2.05) is 0 Å². The summed E-state index contributed by atoms with van der Waals surface area (Å²) in [6, 6.07) is 0. The number of hydrogen-bond donors (Lipinski definition) is 1. The molecule has 0 aromatic carbocycles. The van der Waals surface area contributed by atoms with Crippen LogP contribution in [0.15, 0.2) is 9.32 Å². The van der Waals surface area contributed by atoms with Crippen molar-refractivity contribution in [2.75, 3.05) is 25.0 Å². The van der Waals surface area contributed by atoms with E-state index in [1.54, 1.807) is 0 Å². The molecule has 0 atom stereocenters. The van der Waals surface area contributed by atoms with Gasteiger partial charge in [-0.1, -0.05) is 32.6 Å². The molecule has 108 valence electrons. The third kappa shape index (κ3) is 6.08. The highest BCUT2D eigenvalue weighted by Crippen LogP contribution is 2.03. The Balaban J connectivity index is 2.46. The number of H-pyrrole nitrogens is 1. The fraction of sp³-hybridized carbons (Fsp3) is 0.750. The van der Waals surface area contributed by atoms with E-state index in [-0.39, 0.29) is 12.6 Å². The number of nitrogens with one attached hydrogen (secondary N) is 1. The molecule has 0 amide bonds. The predicted molar refractivity (Wildman–Crippen MR) is 70.1 cm³/mol. The zero-order valence-electron chi connectivity index (χ0n) is 14.0. The molecule has 1 heterocycles. The maximum atomic E-state index is 11.7. The van der Waals surface area contributed by atoms with Crippen molar-refractivity contribution < 1.29 is 18.2 Å². The molecule has 0 radical (unpaired) electrons. The van der Waals surface area contributed by atoms with Crippen LogP contribution in [0.1, 0.15) is 43.1 Å². The van der Waals surface area contributed by atoms with Gasteiger partial charge in [0.2, 0.25) is 5.95 Å². The predicted octanol–water partition coefficient (Wildman–Crippen LogP) is 1.31. The lowest BCUT2D eigenvalue weighted by Crippen LogP contribution is -2.28. The number of likely N-dealkylation sites (N-methyl/N-ethyl adjacent to an activating group) is 1. The van der Waals surface area contributed by atoms with Crippen molar-refractivity contribution in [3.8, 4) is 0 Å². The summed E-state index contributed by atoms with van der Waals surface area (Å²) in [5.41, 5.74) is 0. The highest BCUT2D eigenvalue weighted by atomic mass is 16.5. The van der Waals surface area contributed by atoms with Gasteiger partial charge in [0.1, 0.15) is 6.54 Å². The van der Waals surface area contributed by atoms with E-state index in [0.29, 0.717) is 4.90 Å². The molecule has 1 rings (SSSR count). The minimum absolute atomic E-state index is 0.243. The quantitative estimate of drug-likeness (QED) is 0.539. The zero-order valence-corrected chi connectivity index (χ0v) is 11.0. The Morgan fingerprint density at radius 2 is 2.26 bits per heavy atom. The molecule has 1 aromatic heterocycles. The molecule has 1 aromatic rings. The van der Waals surface area contributed by atoms with Crippen molar-refractivity contribution in [3.63, 3.8) is 0 Å². The molecule has 7 heteroatoms. The molecular formula is C12H21N3O4. The molecule has 0 aliphatic heterocycles. The molecule has 0 aliphatic carbocycles. The largest absolute Gasteiger partial charge is 0.464 e. The lowest BCUT2D eigenvalue weighted by atomic mass is 10.2. The molecule has 1 N–H and O–H groups in total. The Kier molecular flexibility index (Phi) is 4.86. The zero-order chi connectivity index (χ0) is 16.6. The topological polar surface area (TPSA) is 88.4 Å². The first kappa shape index (κ1) is 11.1. The maximum Gasteiger partial charge on any atom is 0.440 e. The number of aromatic amines is 1. The number of carbonyl (C=O) groups is 1. The average Bonchev–Trinajstić information content (AvgIpc) is 2.85. The molecule has 19 heavy (non-hydrogen) atoms. The van der Waals surface area contributed by atoms with Crippen molar-refractivity contribution in [1.29, 1.82) is 0 Å². The van der Waals surface area contributed by atoms with Crippen LogP contribution in [0.2, 0.25) is 0 Å². The van der Waals surface area contributed by atoms with Gasteiger partial charge in [0.15, 0.2) is 0 Å². The van der Waals surface area contributed by atoms with Gasteiger partial charge in [0.25, 0.3) is 0 Å². The van der Waals surface area contributed by atoms with Gasteiger partial charge in [-0.3, -0.25) is 14.3 Å². The van der Waals surface area contributed by atoms with Gasteiger partial charge in [-0.15, -0.1) is 0 Å². The molecule has 0 unspecified atom stereocenters. The number of carbonyl (C=O) groups excluding carboxylic acids is 1. The minimum Gasteiger partial charge on any atom is -0.464 e. The summed E-state index contributed by atoms with van der Waals surface area (Å²) < 4.78 is 31.3. The SMILES string of the molecule is [2H]C([2H])([2H])N(CC(=O)OCCCCCCC)c1noc(=O)[nH]1. The Morgan fingerprint density at radius 3 is 2.89 bits per heavy atom. The number of rotatable bonds is 9. The second kappa shape index (κ2) is 8.34. The molecule has 0 saturated heterocycles. The fourth-order valence-corrected chi connectivity index (χ4v) is 1.48. The van der Waals surface area contributed by atoms with Crippen LogP contribution < -0.4 is 10.7 Å². The fourth-order valence-electron chi connectivity index (χ4n) is 1.48. The van der Waals surface area contributed by atoms with E-state index in [1.165, 1.54) is 0 Å². The van der Waals surface area contributed by atoms with Crippen LogP contribution in [0.25, 0.3) is 0 Å². The van der Waals surface area contributed by atoms with Gasteiger partial charge in [-0.25, -0.2) is 4.79 Å². The molecule has 0 fully saturated rings. The van der Waals surface area contributed by atoms with E-state index in [9.17, 15) is 9.59 Å². The Morgan fingerprint density at radius 1 is 1.47 bits per heavy atom. The lowest BCUT2D eigenvalue weighted by molar-refractivity contribution is -0.142. The average molecular weight is 274 g/mol. The summed E-state index contributed by atoms with van der Waals surface area (Å²) >= 11 is 0. The van der Waals surface area contributed by atoms with E-state index < -0.39 is 25.2 Å². The third-order valence-corrected chi connectivity index (χ3v) is 2.48. The highest BCUT2D eigenvalue weighted by Gasteiger charge is 2.12. The monoisotopic (exact) mass is 274 g/mol. The van der Waals surface area contributed by atoms with Gasteiger partial charge >= 0.3 is 11.7 Å². The van der Waals surface area contributed by atoms with Crippen molar-refractivity contribution >= 4 is 11.9 Å². The second-order valence-corrected chi connectivity index (χ2v) is 4.14. The summed E-state index contributed by atoms with van der Waals surface area (Å²) in [5, 5.41) is 3.28. The highest BCUT2D eigenvalue weighted by molar-refractivity contribution is 5.74. The van der Waals surface area contributed by atoms with Crippen molar-refractivity contribution in [2.45, 2.75) is 39.0 Å². The molecule has 0 bridgehead atoms. The van der Waals surface area contributed by atoms with Crippen molar-refractivity contribution in [3.05, 3.63) is 10.6 Å². The first-order valence-electron chi connectivity index (χ1n) is 7.84. The van der Waals surface area contributed by atoms with E-state index in [4.69, 9.17) is 8.85 Å². The van der Waals surface area contributed by atoms with Crippen LogP contribution >= 0.6 is 0 Å². The number of ether oxygens (including phenoxy) is 1. The molecule has 7 nitrogen and oxygen atoms in total. The van der Waals surface area contributed by atoms with Crippen molar-refractivity contribution in [1.82, 2.24) is 10.1 Å². The first-order chi connectivity index (χ1) is 10.3. The third-order valence-electron chi connectivity index (χ3n) is 2.48. The van der Waals surface area contributed by atoms with Crippen molar-refractivity contribution in [2.24, 2.45) is 0 Å². The Bertz CT molecular complexity index is 512. The normalized spacial score (nSPS) is 13.4. The molecule has 0 spiro atoms. The van der Waals surface area contributed by atoms with E-state index in [0.717, 1.165) is 32.1 Å². The van der Waals surface area contributed by atoms with Gasteiger partial charge in [0.05, 0.1) is 6.61 Å². The van der Waals surface area contributed by atoms with Gasteiger partial charge in [0, 0.05) is 11.1 Å². The van der Waals surface area contributed by atoms with E-state index >= 15 is 0 Å². The number of aromatic nitrogens is 2. The number of hydrogen-bond acceptors (Lipinski definition) is 6. The minimum atomic E-state index is -2.65. The summed E-state index contributed by atoms with van der Waals surface area (Å²) in [6.45, 7) is -0.849. The number of unbranched alkanes of at least 4 members (excludes halogenated alkanes) is 4. The molecule has 0 aliphatic rings. The van der Waals surface area contributed by atoms with Crippen LogP contribution in [0, 0.1) is 0 Å². The van der Waals surface area contributed by atoms with Crippen LogP contribution in [0.4, 0.5) is 5.95 Å². The van der Waals surface area contributed by atoms with Crippen LogP contribution in [-0.2, 0) is 9.53 Å². The number of nitrogens with zero attached hydrogens (tertiary/aromatic N) is 2. The standard InChI is InChI=1S/C12H21N3O4/c1-3-4-5-6-7-8-18-10(16)9-15(2)11-13-12(17)19-14-11/h3-9H2,1-2H3,(H,13,14,17)/i2D3. The smallest absolute Gasteiger partial charge is 0.440 e. The Hall–Kier alpha value is -1.79. The second-order valence-electron chi connectivity index (χ2n) is 4.14. The van der Waals surface area contributed by atoms with Gasteiger partial charge in [-0.2, -0.15) is 0 Å². The molecule has 0 saturated carbocycles. The molecular weight excluding hydrogens is 250 g/mol. The van der Waals surface area contributed by atoms with Gasteiger partial charge < -0.3 is 9.64 Å². The number of esters is 1. The maximum absolute atomic E-state index is 11.7. The van der Waals surface area contributed by atoms with Gasteiger partial charge in [-0.05, 0) is 11.6 Å². The van der Waals surface area contributed by atoms with Crippen LogP contribution in [0.5, 0.6) is 0 Å². The summed E-state index contributed by atoms with van der Waals surface area (Å²) in [5.74, 6) is -1.92. The van der Waals surface area contributed by atoms with Crippen LogP contribution in [0.3, 0.4) is 0 Å². The summed E-state index contributed by atoms with van der Waals surface area (Å²) in [6.07, 6.45) is 5.04. The number of anilines is 1. The summed E-state index contributed by atoms with van der Waals surface area (Å²) in [4.78, 5) is 25.4. The summed E-state index contributed by atoms with van der Waals surface area (Å²) in [7, 11) is 0. The first-order valence-corrected chi connectivity index (χ1v) is 6.34.